The predicted molar refractivity (Wildman–Crippen MR) is 69.8 cm³/mol. The lowest BCUT2D eigenvalue weighted by molar-refractivity contribution is 0.340. The first-order valence-electron chi connectivity index (χ1n) is 6.40. The molecule has 1 atom stereocenters. The summed E-state index contributed by atoms with van der Waals surface area (Å²) >= 11 is 1.81. The highest BCUT2D eigenvalue weighted by atomic mass is 32.1. The smallest absolute Gasteiger partial charge is 0.110 e. The number of thiazole rings is 1. The van der Waals surface area contributed by atoms with E-state index in [9.17, 15) is 0 Å². The van der Waals surface area contributed by atoms with Crippen LogP contribution in [0.3, 0.4) is 0 Å². The lowest BCUT2D eigenvalue weighted by Gasteiger charge is -2.23. The maximum atomic E-state index is 4.64. The molecule has 1 heterocycles. The van der Waals surface area contributed by atoms with Crippen molar-refractivity contribution in [3.05, 3.63) is 16.1 Å². The lowest BCUT2D eigenvalue weighted by Crippen LogP contribution is -2.25. The first kappa shape index (κ1) is 12.1. The Morgan fingerprint density at radius 3 is 2.50 bits per heavy atom. The van der Waals surface area contributed by atoms with Gasteiger partial charge in [0.2, 0.25) is 0 Å². The number of nitrogens with one attached hydrogen (secondary N) is 1. The summed E-state index contributed by atoms with van der Waals surface area (Å²) in [6.45, 7) is 2.08. The van der Waals surface area contributed by atoms with Gasteiger partial charge in [-0.25, -0.2) is 4.98 Å². The maximum Gasteiger partial charge on any atom is 0.110 e. The van der Waals surface area contributed by atoms with Crippen LogP contribution in [-0.2, 0) is 0 Å². The van der Waals surface area contributed by atoms with E-state index in [1.165, 1.54) is 43.5 Å². The third kappa shape index (κ3) is 2.83. The lowest BCUT2D eigenvalue weighted by atomic mass is 9.92. The van der Waals surface area contributed by atoms with E-state index in [0.717, 1.165) is 11.6 Å². The van der Waals surface area contributed by atoms with Crippen molar-refractivity contribution in [3.8, 4) is 0 Å². The molecule has 1 aromatic rings. The molecule has 1 aliphatic rings. The summed E-state index contributed by atoms with van der Waals surface area (Å²) in [5.41, 5.74) is 1.16. The highest BCUT2D eigenvalue weighted by Crippen LogP contribution is 2.34. The van der Waals surface area contributed by atoms with E-state index in [0.29, 0.717) is 6.04 Å². The molecule has 1 aliphatic carbocycles. The minimum Gasteiger partial charge on any atom is -0.311 e. The van der Waals surface area contributed by atoms with E-state index in [1.807, 2.05) is 11.3 Å². The van der Waals surface area contributed by atoms with Crippen LogP contribution in [0.2, 0.25) is 0 Å². The number of rotatable bonds is 3. The van der Waals surface area contributed by atoms with E-state index >= 15 is 0 Å². The van der Waals surface area contributed by atoms with Gasteiger partial charge in [-0.05, 0) is 32.7 Å². The monoisotopic (exact) mass is 238 g/mol. The zero-order chi connectivity index (χ0) is 11.4. The Balaban J connectivity index is 2.08. The van der Waals surface area contributed by atoms with Gasteiger partial charge in [-0.15, -0.1) is 11.3 Å². The van der Waals surface area contributed by atoms with E-state index in [4.69, 9.17) is 0 Å². The van der Waals surface area contributed by atoms with Crippen molar-refractivity contribution in [3.63, 3.8) is 0 Å². The third-order valence-electron chi connectivity index (χ3n) is 3.59. The summed E-state index contributed by atoms with van der Waals surface area (Å²) in [5, 5.41) is 6.92. The van der Waals surface area contributed by atoms with Gasteiger partial charge in [0.15, 0.2) is 0 Å². The molecule has 90 valence electrons. The van der Waals surface area contributed by atoms with Crippen LogP contribution in [0.4, 0.5) is 0 Å². The Kier molecular flexibility index (Phi) is 4.36. The van der Waals surface area contributed by atoms with Crippen LogP contribution in [0.5, 0.6) is 0 Å². The molecule has 1 fully saturated rings. The highest BCUT2D eigenvalue weighted by molar-refractivity contribution is 7.09. The summed E-state index contributed by atoms with van der Waals surface area (Å²) in [6, 6.07) is 0.483. The van der Waals surface area contributed by atoms with E-state index < -0.39 is 0 Å². The van der Waals surface area contributed by atoms with Gasteiger partial charge in [-0.1, -0.05) is 25.7 Å². The fourth-order valence-corrected chi connectivity index (χ4v) is 3.72. The molecule has 2 nitrogen and oxygen atoms in total. The van der Waals surface area contributed by atoms with Crippen LogP contribution in [0.15, 0.2) is 5.38 Å². The number of aromatic nitrogens is 1. The molecule has 0 radical (unpaired) electrons. The predicted octanol–water partition coefficient (Wildman–Crippen LogP) is 3.68. The molecule has 1 aromatic heterocycles. The second kappa shape index (κ2) is 5.78. The summed E-state index contributed by atoms with van der Waals surface area (Å²) in [4.78, 5) is 4.64. The molecular formula is C13H22N2S. The largest absolute Gasteiger partial charge is 0.311 e. The van der Waals surface area contributed by atoms with Crippen LogP contribution in [-0.4, -0.2) is 12.0 Å². The number of nitrogens with zero attached hydrogens (tertiary/aromatic N) is 1. The molecule has 0 aliphatic heterocycles. The molecule has 1 saturated carbocycles. The minimum atomic E-state index is 0.483. The Morgan fingerprint density at radius 1 is 1.31 bits per heavy atom. The Bertz CT molecular complexity index is 313. The first-order valence-corrected chi connectivity index (χ1v) is 7.28. The second-order valence-electron chi connectivity index (χ2n) is 4.85. The number of aryl methyl sites for hydroxylation is 1. The molecule has 0 aromatic carbocycles. The Labute approximate surface area is 102 Å². The topological polar surface area (TPSA) is 24.9 Å². The molecule has 0 spiro atoms. The number of hydrogen-bond acceptors (Lipinski definition) is 3. The summed E-state index contributed by atoms with van der Waals surface area (Å²) in [7, 11) is 2.08. The van der Waals surface area contributed by atoms with Crippen LogP contribution < -0.4 is 5.32 Å². The van der Waals surface area contributed by atoms with Gasteiger partial charge in [-0.2, -0.15) is 0 Å². The van der Waals surface area contributed by atoms with Crippen molar-refractivity contribution in [2.24, 2.45) is 5.92 Å². The minimum absolute atomic E-state index is 0.483. The van der Waals surface area contributed by atoms with Gasteiger partial charge < -0.3 is 5.32 Å². The molecule has 1 unspecified atom stereocenters. The second-order valence-corrected chi connectivity index (χ2v) is 5.73. The number of hydrogen-bond donors (Lipinski definition) is 1. The Morgan fingerprint density at radius 2 is 2.00 bits per heavy atom. The van der Waals surface area contributed by atoms with Crippen molar-refractivity contribution < 1.29 is 0 Å². The molecule has 0 bridgehead atoms. The molecule has 0 amide bonds. The third-order valence-corrected chi connectivity index (χ3v) is 4.63. The highest BCUT2D eigenvalue weighted by Gasteiger charge is 2.24. The molecule has 3 heteroatoms. The van der Waals surface area contributed by atoms with Crippen molar-refractivity contribution in [2.45, 2.75) is 51.5 Å². The SMILES string of the molecule is CNC(c1nc(C)cs1)C1CCCCCC1. The quantitative estimate of drug-likeness (QED) is 0.813. The molecule has 2 rings (SSSR count). The molecule has 0 saturated heterocycles. The van der Waals surface area contributed by atoms with E-state index in [1.54, 1.807) is 0 Å². The van der Waals surface area contributed by atoms with Gasteiger partial charge in [-0.3, -0.25) is 0 Å². The van der Waals surface area contributed by atoms with Gasteiger partial charge in [0.1, 0.15) is 5.01 Å². The fourth-order valence-electron chi connectivity index (χ4n) is 2.72. The zero-order valence-corrected chi connectivity index (χ0v) is 11.1. The van der Waals surface area contributed by atoms with Gasteiger partial charge in [0, 0.05) is 11.1 Å². The van der Waals surface area contributed by atoms with Gasteiger partial charge >= 0.3 is 0 Å². The first-order chi connectivity index (χ1) is 7.81. The normalized spacial score (nSPS) is 20.6. The summed E-state index contributed by atoms with van der Waals surface area (Å²) < 4.78 is 0. The van der Waals surface area contributed by atoms with E-state index in [-0.39, 0.29) is 0 Å². The standard InChI is InChI=1S/C13H22N2S/c1-10-9-16-13(15-10)12(14-2)11-7-5-3-4-6-8-11/h9,11-12,14H,3-8H2,1-2H3. The zero-order valence-electron chi connectivity index (χ0n) is 10.3. The van der Waals surface area contributed by atoms with Crippen molar-refractivity contribution in [1.29, 1.82) is 0 Å². The van der Waals surface area contributed by atoms with Crippen LogP contribution in [0, 0.1) is 12.8 Å². The summed E-state index contributed by atoms with van der Waals surface area (Å²) in [6.07, 6.45) is 8.36. The van der Waals surface area contributed by atoms with E-state index in [2.05, 4.69) is 29.7 Å². The molecule has 16 heavy (non-hydrogen) atoms. The van der Waals surface area contributed by atoms with Gasteiger partial charge in [0.25, 0.3) is 0 Å². The van der Waals surface area contributed by atoms with Crippen molar-refractivity contribution in [1.82, 2.24) is 10.3 Å². The summed E-state index contributed by atoms with van der Waals surface area (Å²) in [5.74, 6) is 0.790. The average Bonchev–Trinajstić information content (AvgIpc) is 2.55. The maximum absolute atomic E-state index is 4.64. The fraction of sp³-hybridized carbons (Fsp3) is 0.769. The van der Waals surface area contributed by atoms with Crippen molar-refractivity contribution >= 4 is 11.3 Å². The van der Waals surface area contributed by atoms with Crippen LogP contribution >= 0.6 is 11.3 Å². The molecule has 1 N–H and O–H groups in total. The van der Waals surface area contributed by atoms with Crippen LogP contribution in [0.1, 0.15) is 55.3 Å². The molecular weight excluding hydrogens is 216 g/mol. The Hall–Kier alpha value is -0.410. The average molecular weight is 238 g/mol. The van der Waals surface area contributed by atoms with Crippen molar-refractivity contribution in [2.75, 3.05) is 7.05 Å². The van der Waals surface area contributed by atoms with Gasteiger partial charge in [0.05, 0.1) is 6.04 Å². The van der Waals surface area contributed by atoms with Crippen LogP contribution in [0.25, 0.3) is 0 Å².